The molecule has 2 aromatic heterocycles. The molecule has 2 rings (SSSR count). The number of nitrogens with zero attached hydrogens (tertiary/aromatic N) is 3. The van der Waals surface area contributed by atoms with Crippen LogP contribution in [0.1, 0.15) is 25.5 Å². The maximum absolute atomic E-state index is 4.23. The van der Waals surface area contributed by atoms with E-state index < -0.39 is 0 Å². The van der Waals surface area contributed by atoms with Gasteiger partial charge in [0.25, 0.3) is 0 Å². The van der Waals surface area contributed by atoms with Crippen molar-refractivity contribution in [1.29, 1.82) is 0 Å². The number of aromatic nitrogens is 3. The molecule has 4 nitrogen and oxygen atoms in total. The van der Waals surface area contributed by atoms with Crippen LogP contribution in [0.4, 0.5) is 0 Å². The molecule has 0 fully saturated rings. The molecular weight excluding hydrogens is 188 g/mol. The van der Waals surface area contributed by atoms with Crippen LogP contribution in [0.5, 0.6) is 0 Å². The van der Waals surface area contributed by atoms with Gasteiger partial charge in [0, 0.05) is 18.9 Å². The SMILES string of the molecule is CCCCNCc1cnc2ncccn12. The lowest BCUT2D eigenvalue weighted by Gasteiger charge is -2.02. The van der Waals surface area contributed by atoms with E-state index in [1.807, 2.05) is 22.9 Å². The Hall–Kier alpha value is -1.42. The Morgan fingerprint density at radius 1 is 1.40 bits per heavy atom. The maximum atomic E-state index is 4.23. The van der Waals surface area contributed by atoms with Gasteiger partial charge in [-0.3, -0.25) is 4.40 Å². The van der Waals surface area contributed by atoms with E-state index in [9.17, 15) is 0 Å². The van der Waals surface area contributed by atoms with Gasteiger partial charge >= 0.3 is 0 Å². The minimum atomic E-state index is 0.768. The van der Waals surface area contributed by atoms with Crippen LogP contribution in [0.2, 0.25) is 0 Å². The summed E-state index contributed by atoms with van der Waals surface area (Å²) < 4.78 is 2.01. The number of imidazole rings is 1. The van der Waals surface area contributed by atoms with Gasteiger partial charge in [-0.15, -0.1) is 0 Å². The molecular formula is C11H16N4. The van der Waals surface area contributed by atoms with E-state index in [0.717, 1.165) is 24.6 Å². The molecule has 0 aliphatic heterocycles. The summed E-state index contributed by atoms with van der Waals surface area (Å²) in [6, 6.07) is 1.92. The summed E-state index contributed by atoms with van der Waals surface area (Å²) in [6.45, 7) is 4.11. The van der Waals surface area contributed by atoms with Gasteiger partial charge in [0.05, 0.1) is 11.9 Å². The van der Waals surface area contributed by atoms with Crippen LogP contribution in [0.15, 0.2) is 24.7 Å². The fourth-order valence-corrected chi connectivity index (χ4v) is 1.53. The Kier molecular flexibility index (Phi) is 3.29. The summed E-state index contributed by atoms with van der Waals surface area (Å²) in [4.78, 5) is 8.40. The lowest BCUT2D eigenvalue weighted by atomic mass is 10.3. The smallest absolute Gasteiger partial charge is 0.233 e. The number of hydrogen-bond acceptors (Lipinski definition) is 3. The van der Waals surface area contributed by atoms with Gasteiger partial charge in [-0.2, -0.15) is 0 Å². The van der Waals surface area contributed by atoms with Gasteiger partial charge in [0.1, 0.15) is 0 Å². The van der Waals surface area contributed by atoms with E-state index >= 15 is 0 Å². The molecule has 0 radical (unpaired) electrons. The van der Waals surface area contributed by atoms with Crippen LogP contribution in [-0.2, 0) is 6.54 Å². The van der Waals surface area contributed by atoms with Crippen molar-refractivity contribution >= 4 is 5.78 Å². The Morgan fingerprint density at radius 2 is 2.33 bits per heavy atom. The normalized spacial score (nSPS) is 11.0. The fraction of sp³-hybridized carbons (Fsp3) is 0.455. The second-order valence-electron chi connectivity index (χ2n) is 3.57. The average molecular weight is 204 g/mol. The second-order valence-corrected chi connectivity index (χ2v) is 3.57. The van der Waals surface area contributed by atoms with Crippen LogP contribution in [0.25, 0.3) is 5.78 Å². The van der Waals surface area contributed by atoms with E-state index in [1.165, 1.54) is 12.8 Å². The quantitative estimate of drug-likeness (QED) is 0.752. The largest absolute Gasteiger partial charge is 0.311 e. The van der Waals surface area contributed by atoms with Gasteiger partial charge in [-0.25, -0.2) is 9.97 Å². The lowest BCUT2D eigenvalue weighted by molar-refractivity contribution is 0.630. The van der Waals surface area contributed by atoms with Gasteiger partial charge in [-0.05, 0) is 19.0 Å². The number of hydrogen-bond donors (Lipinski definition) is 1. The Morgan fingerprint density at radius 3 is 3.20 bits per heavy atom. The monoisotopic (exact) mass is 204 g/mol. The van der Waals surface area contributed by atoms with E-state index in [4.69, 9.17) is 0 Å². The maximum Gasteiger partial charge on any atom is 0.233 e. The van der Waals surface area contributed by atoms with Crippen molar-refractivity contribution in [3.8, 4) is 0 Å². The first kappa shape index (κ1) is 10.1. The first-order valence-electron chi connectivity index (χ1n) is 5.39. The standard InChI is InChI=1S/C11H16N4/c1-2-3-5-12-8-10-9-14-11-13-6-4-7-15(10)11/h4,6-7,9,12H,2-3,5,8H2,1H3. The van der Waals surface area contributed by atoms with Crippen molar-refractivity contribution < 1.29 is 0 Å². The van der Waals surface area contributed by atoms with Gasteiger partial charge in [0.15, 0.2) is 0 Å². The summed E-state index contributed by atoms with van der Waals surface area (Å²) in [5, 5.41) is 3.39. The zero-order chi connectivity index (χ0) is 10.5. The first-order chi connectivity index (χ1) is 7.42. The zero-order valence-corrected chi connectivity index (χ0v) is 8.98. The van der Waals surface area contributed by atoms with Crippen LogP contribution >= 0.6 is 0 Å². The van der Waals surface area contributed by atoms with Gasteiger partial charge in [0.2, 0.25) is 5.78 Å². The first-order valence-corrected chi connectivity index (χ1v) is 5.39. The molecule has 0 amide bonds. The van der Waals surface area contributed by atoms with E-state index in [0.29, 0.717) is 0 Å². The molecule has 0 unspecified atom stereocenters. The number of rotatable bonds is 5. The molecule has 2 aromatic rings. The van der Waals surface area contributed by atoms with E-state index in [1.54, 1.807) is 6.20 Å². The molecule has 0 spiro atoms. The molecule has 4 heteroatoms. The van der Waals surface area contributed by atoms with Crippen LogP contribution < -0.4 is 5.32 Å². The number of unbranched alkanes of at least 4 members (excludes halogenated alkanes) is 1. The highest BCUT2D eigenvalue weighted by Gasteiger charge is 2.01. The molecule has 0 aliphatic rings. The second kappa shape index (κ2) is 4.89. The zero-order valence-electron chi connectivity index (χ0n) is 8.98. The van der Waals surface area contributed by atoms with Gasteiger partial charge in [-0.1, -0.05) is 13.3 Å². The Bertz CT molecular complexity index is 421. The van der Waals surface area contributed by atoms with Crippen molar-refractivity contribution in [2.24, 2.45) is 0 Å². The number of nitrogens with one attached hydrogen (secondary N) is 1. The molecule has 0 atom stereocenters. The predicted octanol–water partition coefficient (Wildman–Crippen LogP) is 1.62. The predicted molar refractivity (Wildman–Crippen MR) is 59.6 cm³/mol. The van der Waals surface area contributed by atoms with Crippen LogP contribution in [0.3, 0.4) is 0 Å². The third-order valence-corrected chi connectivity index (χ3v) is 2.38. The summed E-state index contributed by atoms with van der Waals surface area (Å²) in [5.74, 6) is 0.768. The van der Waals surface area contributed by atoms with Crippen LogP contribution in [-0.4, -0.2) is 20.9 Å². The molecule has 0 saturated heterocycles. The van der Waals surface area contributed by atoms with Crippen molar-refractivity contribution in [2.45, 2.75) is 26.3 Å². The average Bonchev–Trinajstić information content (AvgIpc) is 2.68. The third-order valence-electron chi connectivity index (χ3n) is 2.38. The Labute approximate surface area is 89.4 Å². The van der Waals surface area contributed by atoms with Crippen molar-refractivity contribution in [3.63, 3.8) is 0 Å². The molecule has 0 saturated carbocycles. The van der Waals surface area contributed by atoms with Crippen molar-refractivity contribution in [3.05, 3.63) is 30.4 Å². The minimum absolute atomic E-state index is 0.768. The molecule has 0 bridgehead atoms. The summed E-state index contributed by atoms with van der Waals surface area (Å²) in [6.07, 6.45) is 8.07. The van der Waals surface area contributed by atoms with E-state index in [2.05, 4.69) is 22.2 Å². The Balaban J connectivity index is 2.02. The summed E-state index contributed by atoms with van der Waals surface area (Å²) >= 11 is 0. The molecule has 0 aromatic carbocycles. The molecule has 80 valence electrons. The van der Waals surface area contributed by atoms with E-state index in [-0.39, 0.29) is 0 Å². The molecule has 0 aliphatic carbocycles. The molecule has 1 N–H and O–H groups in total. The highest BCUT2D eigenvalue weighted by molar-refractivity contribution is 5.30. The highest BCUT2D eigenvalue weighted by atomic mass is 15.1. The fourth-order valence-electron chi connectivity index (χ4n) is 1.53. The van der Waals surface area contributed by atoms with Crippen molar-refractivity contribution in [2.75, 3.05) is 6.54 Å². The topological polar surface area (TPSA) is 42.2 Å². The summed E-state index contributed by atoms with van der Waals surface area (Å²) in [5.41, 5.74) is 1.16. The molecule has 2 heterocycles. The van der Waals surface area contributed by atoms with Crippen molar-refractivity contribution in [1.82, 2.24) is 19.7 Å². The summed E-state index contributed by atoms with van der Waals surface area (Å²) in [7, 11) is 0. The van der Waals surface area contributed by atoms with Crippen LogP contribution in [0, 0.1) is 0 Å². The number of fused-ring (bicyclic) bond motifs is 1. The van der Waals surface area contributed by atoms with Gasteiger partial charge < -0.3 is 5.32 Å². The third kappa shape index (κ3) is 2.33. The molecule has 15 heavy (non-hydrogen) atoms. The highest BCUT2D eigenvalue weighted by Crippen LogP contribution is 2.02. The lowest BCUT2D eigenvalue weighted by Crippen LogP contribution is -2.15. The minimum Gasteiger partial charge on any atom is -0.311 e.